The molecular weight excluding hydrogens is 406 g/mol. The minimum Gasteiger partial charge on any atom is -0.497 e. The zero-order chi connectivity index (χ0) is 19.4. The fraction of sp³-hybridized carbons (Fsp3) is 0.238. The first-order chi connectivity index (χ1) is 13.0. The van der Waals surface area contributed by atoms with E-state index in [4.69, 9.17) is 9.72 Å². The van der Waals surface area contributed by atoms with Gasteiger partial charge in [-0.05, 0) is 36.4 Å². The molecule has 5 nitrogen and oxygen atoms in total. The largest absolute Gasteiger partial charge is 0.497 e. The number of likely N-dealkylation sites (N-methyl/N-ethyl adjacent to an activating group) is 1. The Labute approximate surface area is 167 Å². The van der Waals surface area contributed by atoms with Crippen LogP contribution >= 0.6 is 15.9 Å². The molecule has 0 unspecified atom stereocenters. The Hall–Kier alpha value is -2.44. The van der Waals surface area contributed by atoms with Crippen molar-refractivity contribution in [2.45, 2.75) is 0 Å². The van der Waals surface area contributed by atoms with Gasteiger partial charge < -0.3 is 15.0 Å². The molecule has 0 radical (unpaired) electrons. The SMILES string of the molecule is COc1cccc(-c2cc(C(=O)NCC[NH+](C)C)c3cc(Br)ccc3n2)c1. The van der Waals surface area contributed by atoms with Crippen molar-refractivity contribution in [3.63, 3.8) is 0 Å². The monoisotopic (exact) mass is 428 g/mol. The van der Waals surface area contributed by atoms with Gasteiger partial charge in [0.25, 0.3) is 5.91 Å². The van der Waals surface area contributed by atoms with Gasteiger partial charge in [0.2, 0.25) is 0 Å². The number of fused-ring (bicyclic) bond motifs is 1. The van der Waals surface area contributed by atoms with Gasteiger partial charge in [-0.15, -0.1) is 0 Å². The van der Waals surface area contributed by atoms with Crippen LogP contribution in [0.15, 0.2) is 53.0 Å². The van der Waals surface area contributed by atoms with Crippen LogP contribution in [-0.2, 0) is 0 Å². The van der Waals surface area contributed by atoms with Gasteiger partial charge in [-0.25, -0.2) is 4.98 Å². The van der Waals surface area contributed by atoms with Gasteiger partial charge in [-0.3, -0.25) is 4.79 Å². The minimum atomic E-state index is -0.0918. The zero-order valence-corrected chi connectivity index (χ0v) is 17.3. The average molecular weight is 429 g/mol. The van der Waals surface area contributed by atoms with Crippen LogP contribution in [0.25, 0.3) is 22.2 Å². The lowest BCUT2D eigenvalue weighted by Gasteiger charge is -2.12. The lowest BCUT2D eigenvalue weighted by molar-refractivity contribution is -0.856. The Morgan fingerprint density at radius 3 is 2.74 bits per heavy atom. The molecule has 2 N–H and O–H groups in total. The third-order valence-corrected chi connectivity index (χ3v) is 4.78. The van der Waals surface area contributed by atoms with E-state index < -0.39 is 0 Å². The number of ether oxygens (including phenoxy) is 1. The molecule has 6 heteroatoms. The predicted octanol–water partition coefficient (Wildman–Crippen LogP) is 2.55. The number of quaternary nitrogens is 1. The lowest BCUT2D eigenvalue weighted by Crippen LogP contribution is -3.06. The average Bonchev–Trinajstić information content (AvgIpc) is 2.66. The van der Waals surface area contributed by atoms with E-state index in [-0.39, 0.29) is 5.91 Å². The van der Waals surface area contributed by atoms with Crippen LogP contribution < -0.4 is 15.0 Å². The maximum Gasteiger partial charge on any atom is 0.252 e. The van der Waals surface area contributed by atoms with E-state index in [1.165, 1.54) is 4.90 Å². The van der Waals surface area contributed by atoms with E-state index >= 15 is 0 Å². The minimum absolute atomic E-state index is 0.0918. The van der Waals surface area contributed by atoms with Crippen molar-refractivity contribution in [1.82, 2.24) is 10.3 Å². The third kappa shape index (κ3) is 4.64. The number of hydrogen-bond donors (Lipinski definition) is 2. The highest BCUT2D eigenvalue weighted by atomic mass is 79.9. The molecule has 140 valence electrons. The summed E-state index contributed by atoms with van der Waals surface area (Å²) in [5.41, 5.74) is 3.05. The molecule has 3 rings (SSSR count). The van der Waals surface area contributed by atoms with Crippen LogP contribution in [0.4, 0.5) is 0 Å². The first kappa shape index (κ1) is 19.3. The Bertz CT molecular complexity index is 973. The van der Waals surface area contributed by atoms with Crippen molar-refractivity contribution in [2.75, 3.05) is 34.3 Å². The molecule has 2 aromatic carbocycles. The van der Waals surface area contributed by atoms with Gasteiger partial charge in [-0.2, -0.15) is 0 Å². The highest BCUT2D eigenvalue weighted by Crippen LogP contribution is 2.28. The molecule has 0 saturated heterocycles. The van der Waals surface area contributed by atoms with Crippen molar-refractivity contribution in [2.24, 2.45) is 0 Å². The van der Waals surface area contributed by atoms with Crippen LogP contribution in [-0.4, -0.2) is 45.2 Å². The summed E-state index contributed by atoms with van der Waals surface area (Å²) in [6, 6.07) is 15.3. The molecule has 1 aromatic heterocycles. The maximum absolute atomic E-state index is 12.9. The summed E-state index contributed by atoms with van der Waals surface area (Å²) >= 11 is 3.49. The second kappa shape index (κ2) is 8.50. The molecule has 0 spiro atoms. The van der Waals surface area contributed by atoms with Crippen molar-refractivity contribution in [3.05, 3.63) is 58.6 Å². The Balaban J connectivity index is 2.06. The zero-order valence-electron chi connectivity index (χ0n) is 15.7. The van der Waals surface area contributed by atoms with Crippen molar-refractivity contribution < 1.29 is 14.4 Å². The maximum atomic E-state index is 12.9. The molecule has 0 bridgehead atoms. The second-order valence-electron chi connectivity index (χ2n) is 6.66. The first-order valence-corrected chi connectivity index (χ1v) is 9.59. The standard InChI is InChI=1S/C21H22BrN3O2/c1-25(2)10-9-23-21(26)18-13-20(14-5-4-6-16(11-14)27-3)24-19-8-7-15(22)12-17(18)19/h4-8,11-13H,9-10H2,1-3H3,(H,23,26)/p+1. The smallest absolute Gasteiger partial charge is 0.252 e. The molecule has 0 aliphatic heterocycles. The summed E-state index contributed by atoms with van der Waals surface area (Å²) < 4.78 is 6.23. The number of aromatic nitrogens is 1. The topological polar surface area (TPSA) is 55.7 Å². The molecule has 0 fully saturated rings. The molecule has 27 heavy (non-hydrogen) atoms. The normalized spacial score (nSPS) is 11.0. The number of halogens is 1. The van der Waals surface area contributed by atoms with Crippen LogP contribution in [0, 0.1) is 0 Å². The fourth-order valence-electron chi connectivity index (χ4n) is 2.84. The molecule has 0 aliphatic rings. The van der Waals surface area contributed by atoms with Crippen LogP contribution in [0.3, 0.4) is 0 Å². The van der Waals surface area contributed by atoms with E-state index in [1.54, 1.807) is 7.11 Å². The van der Waals surface area contributed by atoms with E-state index in [0.717, 1.165) is 38.9 Å². The number of carbonyl (C=O) groups excluding carboxylic acids is 1. The molecular formula is C21H23BrN3O2+. The number of hydrogen-bond acceptors (Lipinski definition) is 3. The van der Waals surface area contributed by atoms with Crippen molar-refractivity contribution in [1.29, 1.82) is 0 Å². The number of benzene rings is 2. The summed E-state index contributed by atoms with van der Waals surface area (Å²) in [5, 5.41) is 3.84. The van der Waals surface area contributed by atoms with E-state index in [2.05, 4.69) is 35.3 Å². The number of carbonyl (C=O) groups is 1. The second-order valence-corrected chi connectivity index (χ2v) is 7.58. The van der Waals surface area contributed by atoms with Gasteiger partial charge in [0.15, 0.2) is 0 Å². The molecule has 1 amide bonds. The molecule has 1 heterocycles. The van der Waals surface area contributed by atoms with Crippen molar-refractivity contribution >= 4 is 32.7 Å². The van der Waals surface area contributed by atoms with E-state index in [1.807, 2.05) is 48.5 Å². The van der Waals surface area contributed by atoms with Crippen LogP contribution in [0.5, 0.6) is 5.75 Å². The summed E-state index contributed by atoms with van der Waals surface area (Å²) in [6.45, 7) is 1.48. The molecule has 0 aliphatic carbocycles. The van der Waals surface area contributed by atoms with Gasteiger partial charge >= 0.3 is 0 Å². The summed E-state index contributed by atoms with van der Waals surface area (Å²) in [6.07, 6.45) is 0. The predicted molar refractivity (Wildman–Crippen MR) is 111 cm³/mol. The first-order valence-electron chi connectivity index (χ1n) is 8.80. The Kier molecular flexibility index (Phi) is 6.08. The summed E-state index contributed by atoms with van der Waals surface area (Å²) in [5.74, 6) is 0.663. The van der Waals surface area contributed by atoms with Gasteiger partial charge in [-0.1, -0.05) is 28.1 Å². The highest BCUT2D eigenvalue weighted by molar-refractivity contribution is 9.10. The van der Waals surface area contributed by atoms with E-state index in [9.17, 15) is 4.79 Å². The number of nitrogens with one attached hydrogen (secondary N) is 2. The number of methoxy groups -OCH3 is 1. The molecule has 3 aromatic rings. The van der Waals surface area contributed by atoms with Crippen LogP contribution in [0.1, 0.15) is 10.4 Å². The Morgan fingerprint density at radius 2 is 2.00 bits per heavy atom. The third-order valence-electron chi connectivity index (χ3n) is 4.29. The lowest BCUT2D eigenvalue weighted by atomic mass is 10.0. The number of pyridine rings is 1. The molecule has 0 saturated carbocycles. The van der Waals surface area contributed by atoms with Crippen LogP contribution in [0.2, 0.25) is 0 Å². The number of amides is 1. The van der Waals surface area contributed by atoms with Crippen molar-refractivity contribution in [3.8, 4) is 17.0 Å². The molecule has 0 atom stereocenters. The Morgan fingerprint density at radius 1 is 1.19 bits per heavy atom. The number of nitrogens with zero attached hydrogens (tertiary/aromatic N) is 1. The highest BCUT2D eigenvalue weighted by Gasteiger charge is 2.15. The van der Waals surface area contributed by atoms with E-state index in [0.29, 0.717) is 12.1 Å². The number of rotatable bonds is 6. The summed E-state index contributed by atoms with van der Waals surface area (Å²) in [4.78, 5) is 18.9. The quantitative estimate of drug-likeness (QED) is 0.634. The van der Waals surface area contributed by atoms with Gasteiger partial charge in [0, 0.05) is 15.4 Å². The summed E-state index contributed by atoms with van der Waals surface area (Å²) in [7, 11) is 5.76. The van der Waals surface area contributed by atoms with Gasteiger partial charge in [0.1, 0.15) is 5.75 Å². The fourth-order valence-corrected chi connectivity index (χ4v) is 3.20. The van der Waals surface area contributed by atoms with Gasteiger partial charge in [0.05, 0.1) is 51.1 Å².